The molecule has 1 aromatic rings. The van der Waals surface area contributed by atoms with Crippen LogP contribution < -0.4 is 26.2 Å². The van der Waals surface area contributed by atoms with Gasteiger partial charge in [0.25, 0.3) is 0 Å². The number of nitrogens with one attached hydrogen (secondary N) is 4. The van der Waals surface area contributed by atoms with Crippen LogP contribution in [0.15, 0.2) is 59.1 Å². The SMILES string of the molecule is C/C=C(NCC)/C(C)=C(\C=C(/C)Nc1ccc(N2CCNCC2)cc1)NC(C)CCCC(C)C. The average molecular weight is 468 g/mol. The van der Waals surface area contributed by atoms with Crippen LogP contribution in [0.2, 0.25) is 0 Å². The lowest BCUT2D eigenvalue weighted by Crippen LogP contribution is -2.43. The minimum Gasteiger partial charge on any atom is -0.385 e. The Hall–Kier alpha value is -2.40. The van der Waals surface area contributed by atoms with Crippen molar-refractivity contribution in [2.45, 2.75) is 73.8 Å². The maximum absolute atomic E-state index is 3.80. The molecule has 0 spiro atoms. The molecule has 1 saturated heterocycles. The van der Waals surface area contributed by atoms with Crippen molar-refractivity contribution >= 4 is 11.4 Å². The molecule has 5 heteroatoms. The molecule has 2 rings (SSSR count). The highest BCUT2D eigenvalue weighted by molar-refractivity contribution is 5.57. The van der Waals surface area contributed by atoms with Crippen molar-refractivity contribution in [3.05, 3.63) is 59.1 Å². The van der Waals surface area contributed by atoms with Crippen LogP contribution in [0.25, 0.3) is 0 Å². The molecular weight excluding hydrogens is 418 g/mol. The smallest absolute Gasteiger partial charge is 0.0409 e. The van der Waals surface area contributed by atoms with Crippen LogP contribution in [0.1, 0.15) is 67.7 Å². The number of piperazine rings is 1. The first kappa shape index (κ1) is 27.8. The van der Waals surface area contributed by atoms with E-state index in [1.807, 2.05) is 0 Å². The molecule has 1 heterocycles. The molecule has 1 aliphatic rings. The predicted octanol–water partition coefficient (Wildman–Crippen LogP) is 6.00. The molecule has 1 aliphatic heterocycles. The predicted molar refractivity (Wildman–Crippen MR) is 150 cm³/mol. The second-order valence-electron chi connectivity index (χ2n) is 9.88. The molecule has 4 N–H and O–H groups in total. The lowest BCUT2D eigenvalue weighted by Gasteiger charge is -2.29. The van der Waals surface area contributed by atoms with Gasteiger partial charge in [0, 0.05) is 67.2 Å². The van der Waals surface area contributed by atoms with Gasteiger partial charge < -0.3 is 26.2 Å². The number of rotatable bonds is 13. The lowest BCUT2D eigenvalue weighted by molar-refractivity contribution is 0.482. The van der Waals surface area contributed by atoms with E-state index in [0.29, 0.717) is 6.04 Å². The number of likely N-dealkylation sites (N-methyl/N-ethyl adjacent to an activating group) is 1. The summed E-state index contributed by atoms with van der Waals surface area (Å²) in [5.41, 5.74) is 7.14. The molecule has 1 atom stereocenters. The van der Waals surface area contributed by atoms with Crippen molar-refractivity contribution in [3.63, 3.8) is 0 Å². The standard InChI is InChI=1S/C29H49N5/c1-8-28(31-9-2)25(7)29(33-23(5)12-10-11-22(3)4)21-24(6)32-26-13-15-27(16-14-26)34-19-17-30-18-20-34/h8,13-16,21-23,30-33H,9-12,17-20H2,1-7H3/b24-21+,28-8-,29-25+. The van der Waals surface area contributed by atoms with Gasteiger partial charge in [0.1, 0.15) is 0 Å². The third-order valence-electron chi connectivity index (χ3n) is 6.34. The molecule has 0 radical (unpaired) electrons. The monoisotopic (exact) mass is 467 g/mol. The highest BCUT2D eigenvalue weighted by atomic mass is 15.2. The van der Waals surface area contributed by atoms with E-state index in [0.717, 1.165) is 50.0 Å². The molecule has 0 bridgehead atoms. The lowest BCUT2D eigenvalue weighted by atomic mass is 10.0. The third-order valence-corrected chi connectivity index (χ3v) is 6.34. The summed E-state index contributed by atoms with van der Waals surface area (Å²) in [6.07, 6.45) is 8.12. The summed E-state index contributed by atoms with van der Waals surface area (Å²) in [4.78, 5) is 2.44. The Bertz CT molecular complexity index is 813. The van der Waals surface area contributed by atoms with E-state index in [1.54, 1.807) is 0 Å². The van der Waals surface area contributed by atoms with Crippen molar-refractivity contribution in [2.75, 3.05) is 42.9 Å². The van der Waals surface area contributed by atoms with Crippen LogP contribution in [0.5, 0.6) is 0 Å². The fourth-order valence-electron chi connectivity index (χ4n) is 4.37. The number of benzene rings is 1. The molecule has 0 aliphatic carbocycles. The van der Waals surface area contributed by atoms with Crippen LogP contribution in [0.4, 0.5) is 11.4 Å². The van der Waals surface area contributed by atoms with E-state index in [-0.39, 0.29) is 0 Å². The van der Waals surface area contributed by atoms with E-state index in [2.05, 4.69) is 111 Å². The van der Waals surface area contributed by atoms with Crippen molar-refractivity contribution < 1.29 is 0 Å². The molecule has 0 aromatic heterocycles. The highest BCUT2D eigenvalue weighted by Crippen LogP contribution is 2.21. The number of nitrogens with zero attached hydrogens (tertiary/aromatic N) is 1. The zero-order valence-electron chi connectivity index (χ0n) is 22.7. The fourth-order valence-corrected chi connectivity index (χ4v) is 4.37. The fraction of sp³-hybridized carbons (Fsp3) is 0.586. The Morgan fingerprint density at radius 1 is 1.06 bits per heavy atom. The van der Waals surface area contributed by atoms with Crippen LogP contribution in [0, 0.1) is 5.92 Å². The van der Waals surface area contributed by atoms with Crippen LogP contribution in [-0.4, -0.2) is 38.8 Å². The van der Waals surface area contributed by atoms with Crippen LogP contribution in [0.3, 0.4) is 0 Å². The van der Waals surface area contributed by atoms with Crippen molar-refractivity contribution in [1.29, 1.82) is 0 Å². The van der Waals surface area contributed by atoms with Crippen LogP contribution in [-0.2, 0) is 0 Å². The first-order valence-electron chi connectivity index (χ1n) is 13.2. The molecular formula is C29H49N5. The van der Waals surface area contributed by atoms with Crippen molar-refractivity contribution in [2.24, 2.45) is 5.92 Å². The van der Waals surface area contributed by atoms with E-state index >= 15 is 0 Å². The minimum atomic E-state index is 0.422. The average Bonchev–Trinajstić information content (AvgIpc) is 2.82. The Labute approximate surface area is 209 Å². The molecule has 0 saturated carbocycles. The summed E-state index contributed by atoms with van der Waals surface area (Å²) < 4.78 is 0. The van der Waals surface area contributed by atoms with E-state index in [9.17, 15) is 0 Å². The second-order valence-corrected chi connectivity index (χ2v) is 9.88. The van der Waals surface area contributed by atoms with Gasteiger partial charge in [-0.1, -0.05) is 32.8 Å². The van der Waals surface area contributed by atoms with Gasteiger partial charge in [-0.15, -0.1) is 0 Å². The summed E-state index contributed by atoms with van der Waals surface area (Å²) >= 11 is 0. The Balaban J connectivity index is 2.14. The van der Waals surface area contributed by atoms with Crippen molar-refractivity contribution in [1.82, 2.24) is 16.0 Å². The zero-order valence-corrected chi connectivity index (χ0v) is 22.7. The quantitative estimate of drug-likeness (QED) is 0.268. The topological polar surface area (TPSA) is 51.4 Å². The van der Waals surface area contributed by atoms with Gasteiger partial charge in [-0.25, -0.2) is 0 Å². The van der Waals surface area contributed by atoms with Gasteiger partial charge in [0.15, 0.2) is 0 Å². The van der Waals surface area contributed by atoms with Gasteiger partial charge in [0.05, 0.1) is 0 Å². The normalized spacial score (nSPS) is 16.9. The summed E-state index contributed by atoms with van der Waals surface area (Å²) in [6.45, 7) is 20.6. The van der Waals surface area contributed by atoms with Gasteiger partial charge >= 0.3 is 0 Å². The first-order chi connectivity index (χ1) is 16.3. The van der Waals surface area contributed by atoms with E-state index in [4.69, 9.17) is 0 Å². The highest BCUT2D eigenvalue weighted by Gasteiger charge is 2.11. The Kier molecular flexibility index (Phi) is 12.1. The van der Waals surface area contributed by atoms with Gasteiger partial charge in [-0.05, 0) is 82.9 Å². The zero-order chi connectivity index (χ0) is 24.9. The van der Waals surface area contributed by atoms with Gasteiger partial charge in [0.2, 0.25) is 0 Å². The molecule has 34 heavy (non-hydrogen) atoms. The molecule has 5 nitrogen and oxygen atoms in total. The summed E-state index contributed by atoms with van der Waals surface area (Å²) in [5, 5.41) is 14.3. The van der Waals surface area contributed by atoms with Crippen molar-refractivity contribution in [3.8, 4) is 0 Å². The maximum atomic E-state index is 3.80. The van der Waals surface area contributed by atoms with E-state index < -0.39 is 0 Å². The maximum Gasteiger partial charge on any atom is 0.0409 e. The first-order valence-corrected chi connectivity index (χ1v) is 13.2. The van der Waals surface area contributed by atoms with Gasteiger partial charge in [-0.3, -0.25) is 0 Å². The van der Waals surface area contributed by atoms with E-state index in [1.165, 1.54) is 41.9 Å². The van der Waals surface area contributed by atoms with Gasteiger partial charge in [-0.2, -0.15) is 0 Å². The number of hydrogen-bond donors (Lipinski definition) is 4. The molecule has 0 amide bonds. The number of allylic oxidation sites excluding steroid dienone is 4. The summed E-state index contributed by atoms with van der Waals surface area (Å²) in [6, 6.07) is 9.24. The number of hydrogen-bond acceptors (Lipinski definition) is 5. The third kappa shape index (κ3) is 9.46. The second kappa shape index (κ2) is 14.8. The Morgan fingerprint density at radius 2 is 1.74 bits per heavy atom. The van der Waals surface area contributed by atoms with Crippen LogP contribution >= 0.6 is 0 Å². The summed E-state index contributed by atoms with van der Waals surface area (Å²) in [5.74, 6) is 0.761. The number of anilines is 2. The molecule has 1 aromatic carbocycles. The molecule has 1 fully saturated rings. The largest absolute Gasteiger partial charge is 0.385 e. The molecule has 1 unspecified atom stereocenters. The summed E-state index contributed by atoms with van der Waals surface area (Å²) in [7, 11) is 0. The molecule has 190 valence electrons. The Morgan fingerprint density at radius 3 is 2.32 bits per heavy atom. The minimum absolute atomic E-state index is 0.422.